The van der Waals surface area contributed by atoms with Crippen LogP contribution in [0.3, 0.4) is 0 Å². The van der Waals surface area contributed by atoms with Gasteiger partial charge in [0.25, 0.3) is 5.89 Å². The average Bonchev–Trinajstić information content (AvgIpc) is 3.30. The number of nitrogens with zero attached hydrogens (tertiary/aromatic N) is 3. The van der Waals surface area contributed by atoms with Crippen LogP contribution in [-0.4, -0.2) is 15.3 Å². The van der Waals surface area contributed by atoms with Gasteiger partial charge in [-0.25, -0.2) is 4.39 Å². The third kappa shape index (κ3) is 3.67. The highest BCUT2D eigenvalue weighted by atomic mass is 32.1. The van der Waals surface area contributed by atoms with Crippen LogP contribution in [0.15, 0.2) is 95.1 Å². The van der Waals surface area contributed by atoms with Crippen molar-refractivity contribution in [1.82, 2.24) is 15.5 Å². The van der Waals surface area contributed by atoms with Crippen LogP contribution in [0.5, 0.6) is 0 Å². The normalized spacial score (nSPS) is 16.2. The molecule has 2 heterocycles. The Balaban J connectivity index is 1.67. The Kier molecular flexibility index (Phi) is 5.25. The Bertz CT molecular complexity index is 1300. The molecule has 5 nitrogen and oxygen atoms in total. The molecule has 4 aromatic rings. The molecule has 1 aliphatic rings. The van der Waals surface area contributed by atoms with Gasteiger partial charge in [0.1, 0.15) is 5.82 Å². The van der Waals surface area contributed by atoms with Gasteiger partial charge in [0.15, 0.2) is 5.11 Å². The third-order valence-electron chi connectivity index (χ3n) is 5.37. The fraction of sp³-hybridized carbons (Fsp3) is 0.0800. The summed E-state index contributed by atoms with van der Waals surface area (Å²) in [6.07, 6.45) is 0. The molecule has 0 fully saturated rings. The summed E-state index contributed by atoms with van der Waals surface area (Å²) in [6, 6.07) is 25.6. The van der Waals surface area contributed by atoms with Crippen molar-refractivity contribution >= 4 is 28.6 Å². The number of rotatable bonds is 4. The zero-order valence-corrected chi connectivity index (χ0v) is 18.0. The molecule has 1 unspecified atom stereocenters. The predicted octanol–water partition coefficient (Wildman–Crippen LogP) is 5.74. The van der Waals surface area contributed by atoms with Crippen molar-refractivity contribution < 1.29 is 8.91 Å². The van der Waals surface area contributed by atoms with Crippen molar-refractivity contribution in [3.05, 3.63) is 108 Å². The second-order valence-electron chi connectivity index (χ2n) is 7.40. The van der Waals surface area contributed by atoms with Gasteiger partial charge in [-0.15, -0.1) is 0 Å². The van der Waals surface area contributed by atoms with Crippen molar-refractivity contribution in [1.29, 1.82) is 0 Å². The standard InChI is InChI=1S/C25H19FN4OS/c1-16-21(24-28-23(29-31-24)18-11-6-3-7-12-18)22(17-9-4-2-5-10-17)27-25(32)30(16)20-14-8-13-19(26)15-20/h2-15,22H,1H3,(H,27,32). The fourth-order valence-electron chi connectivity index (χ4n) is 3.88. The fourth-order valence-corrected chi connectivity index (χ4v) is 4.24. The number of benzene rings is 3. The topological polar surface area (TPSA) is 54.2 Å². The highest BCUT2D eigenvalue weighted by molar-refractivity contribution is 7.80. The molecular formula is C25H19FN4OS. The van der Waals surface area contributed by atoms with E-state index in [9.17, 15) is 4.39 Å². The molecule has 0 radical (unpaired) electrons. The molecule has 0 saturated carbocycles. The van der Waals surface area contributed by atoms with E-state index in [4.69, 9.17) is 16.7 Å². The quantitative estimate of drug-likeness (QED) is 0.407. The van der Waals surface area contributed by atoms with Crippen LogP contribution in [0.1, 0.15) is 24.4 Å². The number of nitrogens with one attached hydrogen (secondary N) is 1. The smallest absolute Gasteiger partial charge is 0.258 e. The maximum atomic E-state index is 14.0. The Morgan fingerprint density at radius 3 is 2.41 bits per heavy atom. The van der Waals surface area contributed by atoms with E-state index in [1.54, 1.807) is 11.0 Å². The lowest BCUT2D eigenvalue weighted by molar-refractivity contribution is 0.404. The molecule has 158 valence electrons. The second-order valence-corrected chi connectivity index (χ2v) is 7.78. The molecule has 1 atom stereocenters. The molecule has 5 rings (SSSR count). The maximum absolute atomic E-state index is 14.0. The van der Waals surface area contributed by atoms with Crippen molar-refractivity contribution in [3.8, 4) is 11.4 Å². The van der Waals surface area contributed by atoms with E-state index in [1.165, 1.54) is 12.1 Å². The first kappa shape index (κ1) is 20.1. The lowest BCUT2D eigenvalue weighted by atomic mass is 9.94. The van der Waals surface area contributed by atoms with Gasteiger partial charge >= 0.3 is 0 Å². The maximum Gasteiger partial charge on any atom is 0.258 e. The van der Waals surface area contributed by atoms with E-state index in [0.29, 0.717) is 22.5 Å². The van der Waals surface area contributed by atoms with E-state index in [-0.39, 0.29) is 11.9 Å². The molecule has 3 aromatic carbocycles. The lowest BCUT2D eigenvalue weighted by Crippen LogP contribution is -2.46. The highest BCUT2D eigenvalue weighted by Gasteiger charge is 2.34. The summed E-state index contributed by atoms with van der Waals surface area (Å²) < 4.78 is 19.7. The summed E-state index contributed by atoms with van der Waals surface area (Å²) in [5.74, 6) is 0.541. The Labute approximate surface area is 190 Å². The van der Waals surface area contributed by atoms with Gasteiger partial charge in [0.05, 0.1) is 17.3 Å². The summed E-state index contributed by atoms with van der Waals surface area (Å²) in [5.41, 5.74) is 4.05. The molecule has 1 N–H and O–H groups in total. The summed E-state index contributed by atoms with van der Waals surface area (Å²) >= 11 is 5.68. The largest absolute Gasteiger partial charge is 0.351 e. The number of halogens is 1. The number of allylic oxidation sites excluding steroid dienone is 1. The number of aromatic nitrogens is 2. The first-order valence-electron chi connectivity index (χ1n) is 10.1. The number of anilines is 1. The monoisotopic (exact) mass is 442 g/mol. The van der Waals surface area contributed by atoms with Crippen LogP contribution in [0.4, 0.5) is 10.1 Å². The molecule has 32 heavy (non-hydrogen) atoms. The van der Waals surface area contributed by atoms with Gasteiger partial charge in [-0.3, -0.25) is 4.90 Å². The van der Waals surface area contributed by atoms with Crippen molar-refractivity contribution in [2.24, 2.45) is 0 Å². The van der Waals surface area contributed by atoms with Gasteiger partial charge in [-0.1, -0.05) is 71.9 Å². The van der Waals surface area contributed by atoms with Crippen molar-refractivity contribution in [2.75, 3.05) is 4.90 Å². The molecule has 1 aromatic heterocycles. The van der Waals surface area contributed by atoms with Crippen LogP contribution >= 0.6 is 12.2 Å². The summed E-state index contributed by atoms with van der Waals surface area (Å²) in [7, 11) is 0. The van der Waals surface area contributed by atoms with Gasteiger partial charge in [0.2, 0.25) is 5.82 Å². The molecule has 7 heteroatoms. The number of thiocarbonyl (C=S) groups is 1. The first-order valence-corrected chi connectivity index (χ1v) is 10.5. The molecule has 0 saturated heterocycles. The van der Waals surface area contributed by atoms with E-state index >= 15 is 0 Å². The molecule has 0 amide bonds. The van der Waals surface area contributed by atoms with E-state index in [1.807, 2.05) is 73.7 Å². The van der Waals surface area contributed by atoms with Gasteiger partial charge in [-0.05, 0) is 42.9 Å². The van der Waals surface area contributed by atoms with Crippen LogP contribution in [0, 0.1) is 5.82 Å². The number of hydrogen-bond donors (Lipinski definition) is 1. The minimum atomic E-state index is -0.339. The van der Waals surface area contributed by atoms with Crippen LogP contribution in [0.25, 0.3) is 17.0 Å². The van der Waals surface area contributed by atoms with Gasteiger partial charge < -0.3 is 9.84 Å². The summed E-state index contributed by atoms with van der Waals surface area (Å²) in [4.78, 5) is 6.47. The molecule has 0 aliphatic carbocycles. The zero-order valence-electron chi connectivity index (χ0n) is 17.2. The minimum absolute atomic E-state index is 0.294. The summed E-state index contributed by atoms with van der Waals surface area (Å²) in [5, 5.41) is 8.04. The minimum Gasteiger partial charge on any atom is -0.351 e. The van der Waals surface area contributed by atoms with Crippen LogP contribution < -0.4 is 10.2 Å². The van der Waals surface area contributed by atoms with Gasteiger partial charge in [-0.2, -0.15) is 4.98 Å². The SMILES string of the molecule is CC1=C(c2nc(-c3ccccc3)no2)C(c2ccccc2)NC(=S)N1c1cccc(F)c1. The van der Waals surface area contributed by atoms with E-state index in [2.05, 4.69) is 15.5 Å². The molecule has 0 bridgehead atoms. The van der Waals surface area contributed by atoms with Crippen LogP contribution in [0.2, 0.25) is 0 Å². The van der Waals surface area contributed by atoms with Crippen molar-refractivity contribution in [2.45, 2.75) is 13.0 Å². The lowest BCUT2D eigenvalue weighted by Gasteiger charge is -2.37. The van der Waals surface area contributed by atoms with Crippen molar-refractivity contribution in [3.63, 3.8) is 0 Å². The zero-order chi connectivity index (χ0) is 22.1. The summed E-state index contributed by atoms with van der Waals surface area (Å²) in [6.45, 7) is 1.93. The van der Waals surface area contributed by atoms with Crippen LogP contribution in [-0.2, 0) is 0 Å². The third-order valence-corrected chi connectivity index (χ3v) is 5.67. The molecular weight excluding hydrogens is 423 g/mol. The highest BCUT2D eigenvalue weighted by Crippen LogP contribution is 2.39. The average molecular weight is 443 g/mol. The number of hydrogen-bond acceptors (Lipinski definition) is 4. The first-order chi connectivity index (χ1) is 15.6. The Hall–Kier alpha value is -3.84. The Morgan fingerprint density at radius 2 is 1.69 bits per heavy atom. The van der Waals surface area contributed by atoms with E-state index < -0.39 is 0 Å². The second kappa shape index (κ2) is 8.36. The Morgan fingerprint density at radius 1 is 0.969 bits per heavy atom. The molecule has 0 spiro atoms. The molecule has 1 aliphatic heterocycles. The predicted molar refractivity (Wildman–Crippen MR) is 126 cm³/mol. The van der Waals surface area contributed by atoms with Gasteiger partial charge in [0, 0.05) is 11.3 Å². The van der Waals surface area contributed by atoms with E-state index in [0.717, 1.165) is 22.4 Å².